The fourth-order valence-electron chi connectivity index (χ4n) is 3.89. The molecule has 0 aliphatic rings. The number of carboxylic acids is 2. The molecule has 0 saturated carbocycles. The molecule has 0 aliphatic heterocycles. The van der Waals surface area contributed by atoms with Gasteiger partial charge in [0.05, 0.1) is 11.1 Å². The zero-order valence-electron chi connectivity index (χ0n) is 21.0. The maximum atomic E-state index is 12.7. The standard InChI is InChI=1S/C25H34N2O6S2/c1-13(2)7-15-11-34-21(19(15)23(30)31)26-17(28)9-25(5,6)10-18(29)27-22-20(24(32)33)16(12-35-22)8-14(3)4/h11-14H,7-10H2,1-6H3,(H,26,28)(H,27,29)(H,30,31)(H,32,33). The predicted octanol–water partition coefficient (Wildman–Crippen LogP) is 5.99. The number of nitrogens with one attached hydrogen (secondary N) is 2. The summed E-state index contributed by atoms with van der Waals surface area (Å²) < 4.78 is 0. The molecule has 0 saturated heterocycles. The van der Waals surface area contributed by atoms with Gasteiger partial charge in [-0.25, -0.2) is 9.59 Å². The molecular formula is C25H34N2O6S2. The maximum absolute atomic E-state index is 12.7. The molecule has 35 heavy (non-hydrogen) atoms. The zero-order chi connectivity index (χ0) is 26.5. The summed E-state index contributed by atoms with van der Waals surface area (Å²) in [7, 11) is 0. The van der Waals surface area contributed by atoms with E-state index in [1.165, 1.54) is 22.7 Å². The summed E-state index contributed by atoms with van der Waals surface area (Å²) in [6, 6.07) is 0. The van der Waals surface area contributed by atoms with Crippen LogP contribution in [0.25, 0.3) is 0 Å². The Kier molecular flexibility index (Phi) is 9.62. The van der Waals surface area contributed by atoms with E-state index in [0.717, 1.165) is 0 Å². The Balaban J connectivity index is 2.06. The van der Waals surface area contributed by atoms with Gasteiger partial charge in [-0.1, -0.05) is 41.5 Å². The van der Waals surface area contributed by atoms with Crippen LogP contribution < -0.4 is 10.6 Å². The second-order valence-corrected chi connectivity index (χ2v) is 12.1. The summed E-state index contributed by atoms with van der Waals surface area (Å²) in [5.74, 6) is -2.39. The third-order valence-electron chi connectivity index (χ3n) is 5.20. The Morgan fingerprint density at radius 2 is 1.11 bits per heavy atom. The molecule has 4 N–H and O–H groups in total. The number of aromatic carboxylic acids is 2. The number of thiophene rings is 2. The van der Waals surface area contributed by atoms with Crippen molar-refractivity contribution in [1.82, 2.24) is 0 Å². The van der Waals surface area contributed by atoms with Crippen molar-refractivity contribution in [3.8, 4) is 0 Å². The van der Waals surface area contributed by atoms with Crippen LogP contribution in [0.1, 0.15) is 86.2 Å². The highest BCUT2D eigenvalue weighted by Crippen LogP contribution is 2.34. The zero-order valence-corrected chi connectivity index (χ0v) is 22.6. The molecule has 192 valence electrons. The van der Waals surface area contributed by atoms with Crippen molar-refractivity contribution in [1.29, 1.82) is 0 Å². The van der Waals surface area contributed by atoms with E-state index in [1.54, 1.807) is 24.6 Å². The number of amides is 2. The lowest BCUT2D eigenvalue weighted by Crippen LogP contribution is -2.27. The molecule has 0 spiro atoms. The van der Waals surface area contributed by atoms with E-state index in [0.29, 0.717) is 34.0 Å². The number of carbonyl (C=O) groups is 4. The van der Waals surface area contributed by atoms with Gasteiger partial charge in [-0.15, -0.1) is 22.7 Å². The van der Waals surface area contributed by atoms with E-state index >= 15 is 0 Å². The summed E-state index contributed by atoms with van der Waals surface area (Å²) >= 11 is 2.36. The summed E-state index contributed by atoms with van der Waals surface area (Å²) in [6.45, 7) is 11.5. The van der Waals surface area contributed by atoms with E-state index in [-0.39, 0.29) is 47.6 Å². The van der Waals surface area contributed by atoms with Gasteiger partial charge < -0.3 is 20.8 Å². The molecule has 2 amide bonds. The van der Waals surface area contributed by atoms with Crippen LogP contribution in [0.2, 0.25) is 0 Å². The minimum atomic E-state index is -1.09. The van der Waals surface area contributed by atoms with Gasteiger partial charge in [0.15, 0.2) is 0 Å². The third-order valence-corrected chi connectivity index (χ3v) is 7.09. The minimum Gasteiger partial charge on any atom is -0.478 e. The number of carboxylic acid groups (broad SMARTS) is 2. The fraction of sp³-hybridized carbons (Fsp3) is 0.520. The predicted molar refractivity (Wildman–Crippen MR) is 140 cm³/mol. The maximum Gasteiger partial charge on any atom is 0.338 e. The van der Waals surface area contributed by atoms with Crippen LogP contribution in [0.4, 0.5) is 10.0 Å². The summed E-state index contributed by atoms with van der Waals surface area (Å²) in [6.07, 6.45) is 1.18. The molecule has 0 aliphatic carbocycles. The molecular weight excluding hydrogens is 488 g/mol. The molecule has 0 bridgehead atoms. The van der Waals surface area contributed by atoms with Crippen molar-refractivity contribution < 1.29 is 29.4 Å². The fourth-order valence-corrected chi connectivity index (χ4v) is 5.86. The molecule has 0 fully saturated rings. The highest BCUT2D eigenvalue weighted by Gasteiger charge is 2.29. The lowest BCUT2D eigenvalue weighted by molar-refractivity contribution is -0.120. The van der Waals surface area contributed by atoms with Gasteiger partial charge >= 0.3 is 11.9 Å². The van der Waals surface area contributed by atoms with Crippen LogP contribution in [0, 0.1) is 17.3 Å². The molecule has 0 atom stereocenters. The molecule has 2 heterocycles. The van der Waals surface area contributed by atoms with Crippen LogP contribution in [0.15, 0.2) is 10.8 Å². The lowest BCUT2D eigenvalue weighted by atomic mass is 9.85. The minimum absolute atomic E-state index is 0.00821. The Morgan fingerprint density at radius 3 is 1.40 bits per heavy atom. The van der Waals surface area contributed by atoms with Gasteiger partial charge in [0.2, 0.25) is 11.8 Å². The first kappa shape index (κ1) is 28.5. The van der Waals surface area contributed by atoms with Crippen molar-refractivity contribution in [3.63, 3.8) is 0 Å². The van der Waals surface area contributed by atoms with Crippen molar-refractivity contribution >= 4 is 56.4 Å². The summed E-state index contributed by atoms with van der Waals surface area (Å²) in [4.78, 5) is 49.0. The van der Waals surface area contributed by atoms with E-state index in [2.05, 4.69) is 10.6 Å². The normalized spacial score (nSPS) is 11.7. The number of hydrogen-bond acceptors (Lipinski definition) is 6. The number of hydrogen-bond donors (Lipinski definition) is 4. The van der Waals surface area contributed by atoms with Crippen molar-refractivity contribution in [3.05, 3.63) is 33.0 Å². The second-order valence-electron chi connectivity index (χ2n) is 10.4. The molecule has 2 aromatic heterocycles. The number of anilines is 2. The first-order valence-electron chi connectivity index (χ1n) is 11.5. The first-order valence-corrected chi connectivity index (χ1v) is 13.2. The molecule has 8 nitrogen and oxygen atoms in total. The highest BCUT2D eigenvalue weighted by atomic mass is 32.1. The first-order chi connectivity index (χ1) is 16.2. The molecule has 2 rings (SSSR count). The molecule has 2 aromatic rings. The summed E-state index contributed by atoms with van der Waals surface area (Å²) in [5.41, 5.74) is 0.867. The van der Waals surface area contributed by atoms with Gasteiger partial charge in [-0.3, -0.25) is 9.59 Å². The van der Waals surface area contributed by atoms with Crippen molar-refractivity contribution in [2.24, 2.45) is 17.3 Å². The van der Waals surface area contributed by atoms with Gasteiger partial charge in [0, 0.05) is 12.8 Å². The van der Waals surface area contributed by atoms with E-state index in [1.807, 2.05) is 27.7 Å². The largest absolute Gasteiger partial charge is 0.478 e. The molecule has 0 unspecified atom stereocenters. The van der Waals surface area contributed by atoms with E-state index in [4.69, 9.17) is 0 Å². The lowest BCUT2D eigenvalue weighted by Gasteiger charge is -2.23. The molecule has 10 heteroatoms. The Hall–Kier alpha value is -2.72. The van der Waals surface area contributed by atoms with E-state index < -0.39 is 17.4 Å². The Bertz CT molecular complexity index is 1010. The highest BCUT2D eigenvalue weighted by molar-refractivity contribution is 7.15. The number of rotatable bonds is 12. The van der Waals surface area contributed by atoms with Crippen LogP contribution in [0.3, 0.4) is 0 Å². The van der Waals surface area contributed by atoms with Gasteiger partial charge in [0.1, 0.15) is 10.0 Å². The summed E-state index contributed by atoms with van der Waals surface area (Å²) in [5, 5.41) is 28.8. The van der Waals surface area contributed by atoms with Crippen LogP contribution >= 0.6 is 22.7 Å². The van der Waals surface area contributed by atoms with Gasteiger partial charge in [0.25, 0.3) is 0 Å². The molecule has 0 aromatic carbocycles. The van der Waals surface area contributed by atoms with Crippen molar-refractivity contribution in [2.45, 2.75) is 67.2 Å². The van der Waals surface area contributed by atoms with Crippen LogP contribution in [0.5, 0.6) is 0 Å². The topological polar surface area (TPSA) is 133 Å². The smallest absolute Gasteiger partial charge is 0.338 e. The van der Waals surface area contributed by atoms with Crippen LogP contribution in [-0.4, -0.2) is 34.0 Å². The molecule has 0 radical (unpaired) electrons. The van der Waals surface area contributed by atoms with Crippen molar-refractivity contribution in [2.75, 3.05) is 10.6 Å². The average Bonchev–Trinajstić information content (AvgIpc) is 3.23. The third kappa shape index (κ3) is 8.17. The van der Waals surface area contributed by atoms with Gasteiger partial charge in [-0.05, 0) is 52.0 Å². The SMILES string of the molecule is CC(C)Cc1csc(NC(=O)CC(C)(C)CC(=O)Nc2scc(CC(C)C)c2C(=O)O)c1C(=O)O. The average molecular weight is 523 g/mol. The monoisotopic (exact) mass is 522 g/mol. The quantitative estimate of drug-likeness (QED) is 0.271. The second kappa shape index (κ2) is 11.8. The van der Waals surface area contributed by atoms with Crippen LogP contribution in [-0.2, 0) is 22.4 Å². The van der Waals surface area contributed by atoms with Gasteiger partial charge in [-0.2, -0.15) is 0 Å². The number of carbonyl (C=O) groups excluding carboxylic acids is 2. The Morgan fingerprint density at radius 1 is 0.771 bits per heavy atom. The van der Waals surface area contributed by atoms with E-state index in [9.17, 15) is 29.4 Å². The Labute approximate surface area is 213 Å².